The Morgan fingerprint density at radius 3 is 2.81 bits per heavy atom. The molecular formula is C18H15N5OS3. The zero-order valence-electron chi connectivity index (χ0n) is 14.1. The van der Waals surface area contributed by atoms with Crippen molar-refractivity contribution in [3.05, 3.63) is 58.0 Å². The van der Waals surface area contributed by atoms with Crippen LogP contribution in [0.4, 0.5) is 5.13 Å². The van der Waals surface area contributed by atoms with Crippen molar-refractivity contribution in [3.63, 3.8) is 0 Å². The van der Waals surface area contributed by atoms with Gasteiger partial charge in [-0.05, 0) is 23.7 Å². The minimum absolute atomic E-state index is 0.107. The topological polar surface area (TPSA) is 75.6 Å². The van der Waals surface area contributed by atoms with Crippen molar-refractivity contribution in [2.24, 2.45) is 0 Å². The zero-order valence-corrected chi connectivity index (χ0v) is 16.5. The standard InChI is InChI=1S/C18H15N5OS3/c24-15(20-17-19-13(11-27-17)12-5-2-1-3-6-12)8-9-23-16(21-22-18(23)25)14-7-4-10-26-14/h1-7,10-11H,8-9H2,(H,22,25)(H,19,20,24). The van der Waals surface area contributed by atoms with Crippen molar-refractivity contribution in [3.8, 4) is 22.0 Å². The van der Waals surface area contributed by atoms with Gasteiger partial charge in [0.1, 0.15) is 0 Å². The number of nitrogens with zero attached hydrogens (tertiary/aromatic N) is 3. The van der Waals surface area contributed by atoms with E-state index < -0.39 is 0 Å². The number of anilines is 1. The van der Waals surface area contributed by atoms with Crippen LogP contribution in [0.2, 0.25) is 0 Å². The van der Waals surface area contributed by atoms with E-state index in [4.69, 9.17) is 12.2 Å². The van der Waals surface area contributed by atoms with Crippen LogP contribution in [-0.2, 0) is 11.3 Å². The molecule has 0 saturated heterocycles. The minimum atomic E-state index is -0.107. The van der Waals surface area contributed by atoms with Crippen LogP contribution in [0, 0.1) is 4.77 Å². The number of carbonyl (C=O) groups is 1. The molecule has 2 N–H and O–H groups in total. The molecular weight excluding hydrogens is 398 g/mol. The molecule has 3 heterocycles. The van der Waals surface area contributed by atoms with E-state index in [9.17, 15) is 4.79 Å². The summed E-state index contributed by atoms with van der Waals surface area (Å²) in [6, 6.07) is 13.8. The SMILES string of the molecule is O=C(CCn1c(-c2cccs2)n[nH]c1=S)Nc1nc(-c2ccccc2)cs1. The van der Waals surface area contributed by atoms with Crippen LogP contribution in [0.3, 0.4) is 0 Å². The van der Waals surface area contributed by atoms with E-state index in [2.05, 4.69) is 20.5 Å². The Bertz CT molecular complexity index is 1100. The number of rotatable bonds is 6. The summed E-state index contributed by atoms with van der Waals surface area (Å²) < 4.78 is 2.35. The molecule has 4 aromatic rings. The number of H-pyrrole nitrogens is 1. The van der Waals surface area contributed by atoms with Gasteiger partial charge in [0.15, 0.2) is 15.7 Å². The van der Waals surface area contributed by atoms with Crippen molar-refractivity contribution in [2.75, 3.05) is 5.32 Å². The molecule has 0 aliphatic heterocycles. The lowest BCUT2D eigenvalue weighted by Crippen LogP contribution is -2.14. The van der Waals surface area contributed by atoms with E-state index in [1.54, 1.807) is 11.3 Å². The predicted molar refractivity (Wildman–Crippen MR) is 112 cm³/mol. The van der Waals surface area contributed by atoms with Crippen molar-refractivity contribution in [1.29, 1.82) is 0 Å². The molecule has 3 aromatic heterocycles. The van der Waals surface area contributed by atoms with Gasteiger partial charge in [-0.3, -0.25) is 14.5 Å². The van der Waals surface area contributed by atoms with Gasteiger partial charge in [-0.1, -0.05) is 36.4 Å². The van der Waals surface area contributed by atoms with Crippen molar-refractivity contribution in [1.82, 2.24) is 19.7 Å². The lowest BCUT2D eigenvalue weighted by Gasteiger charge is -2.05. The predicted octanol–water partition coefficient (Wildman–Crippen LogP) is 4.82. The first kappa shape index (κ1) is 17.8. The number of aromatic amines is 1. The molecule has 0 unspecified atom stereocenters. The third kappa shape index (κ3) is 4.05. The minimum Gasteiger partial charge on any atom is -0.302 e. The summed E-state index contributed by atoms with van der Waals surface area (Å²) in [5, 5.41) is 14.4. The first-order chi connectivity index (χ1) is 13.2. The lowest BCUT2D eigenvalue weighted by molar-refractivity contribution is -0.116. The molecule has 1 amide bonds. The lowest BCUT2D eigenvalue weighted by atomic mass is 10.2. The summed E-state index contributed by atoms with van der Waals surface area (Å²) in [7, 11) is 0. The summed E-state index contributed by atoms with van der Waals surface area (Å²) in [6.45, 7) is 0.450. The highest BCUT2D eigenvalue weighted by Gasteiger charge is 2.12. The summed E-state index contributed by atoms with van der Waals surface area (Å²) in [6.07, 6.45) is 0.284. The number of amides is 1. The van der Waals surface area contributed by atoms with Gasteiger partial charge in [-0.25, -0.2) is 4.98 Å². The fourth-order valence-corrected chi connectivity index (χ4v) is 4.27. The number of carbonyl (C=O) groups excluding carboxylic acids is 1. The van der Waals surface area contributed by atoms with Crippen LogP contribution >= 0.6 is 34.9 Å². The van der Waals surface area contributed by atoms with E-state index in [1.165, 1.54) is 11.3 Å². The Hall–Kier alpha value is -2.62. The number of nitrogens with one attached hydrogen (secondary N) is 2. The highest BCUT2D eigenvalue weighted by Crippen LogP contribution is 2.25. The van der Waals surface area contributed by atoms with E-state index in [-0.39, 0.29) is 12.3 Å². The van der Waals surface area contributed by atoms with Crippen LogP contribution in [0.1, 0.15) is 6.42 Å². The number of aromatic nitrogens is 4. The third-order valence-corrected chi connectivity index (χ3v) is 5.82. The Kier molecular flexibility index (Phi) is 5.23. The largest absolute Gasteiger partial charge is 0.302 e. The maximum Gasteiger partial charge on any atom is 0.227 e. The van der Waals surface area contributed by atoms with Gasteiger partial charge in [0.2, 0.25) is 5.91 Å². The molecule has 4 rings (SSSR count). The number of thiophene rings is 1. The van der Waals surface area contributed by atoms with Gasteiger partial charge in [-0.15, -0.1) is 22.7 Å². The number of benzene rings is 1. The van der Waals surface area contributed by atoms with Gasteiger partial charge < -0.3 is 5.32 Å². The second-order valence-electron chi connectivity index (χ2n) is 5.68. The first-order valence-electron chi connectivity index (χ1n) is 8.20. The summed E-state index contributed by atoms with van der Waals surface area (Å²) >= 11 is 8.29. The molecule has 0 aliphatic carbocycles. The van der Waals surface area contributed by atoms with Gasteiger partial charge in [0.05, 0.1) is 10.6 Å². The Labute approximate surface area is 168 Å². The summed E-state index contributed by atoms with van der Waals surface area (Å²) in [5.74, 6) is 0.646. The number of hydrogen-bond donors (Lipinski definition) is 2. The molecule has 27 heavy (non-hydrogen) atoms. The zero-order chi connectivity index (χ0) is 18.6. The second-order valence-corrected chi connectivity index (χ2v) is 7.88. The molecule has 0 fully saturated rings. The van der Waals surface area contributed by atoms with Crippen LogP contribution < -0.4 is 5.32 Å². The molecule has 0 aliphatic rings. The summed E-state index contributed by atoms with van der Waals surface area (Å²) in [5.41, 5.74) is 1.88. The monoisotopic (exact) mass is 413 g/mol. The van der Waals surface area contributed by atoms with E-state index in [0.29, 0.717) is 16.4 Å². The fraction of sp³-hybridized carbons (Fsp3) is 0.111. The van der Waals surface area contributed by atoms with Crippen molar-refractivity contribution >= 4 is 45.9 Å². The van der Waals surface area contributed by atoms with Crippen LogP contribution in [0.5, 0.6) is 0 Å². The molecule has 6 nitrogen and oxygen atoms in total. The maximum atomic E-state index is 12.3. The molecule has 1 aromatic carbocycles. The van der Waals surface area contributed by atoms with Crippen molar-refractivity contribution < 1.29 is 4.79 Å². The average Bonchev–Trinajstić information content (AvgIpc) is 3.42. The quantitative estimate of drug-likeness (QED) is 0.444. The van der Waals surface area contributed by atoms with E-state index >= 15 is 0 Å². The molecule has 0 saturated carbocycles. The smallest absolute Gasteiger partial charge is 0.227 e. The van der Waals surface area contributed by atoms with Gasteiger partial charge in [-0.2, -0.15) is 5.10 Å². The van der Waals surface area contributed by atoms with Crippen LogP contribution in [0.25, 0.3) is 22.0 Å². The molecule has 0 atom stereocenters. The summed E-state index contributed by atoms with van der Waals surface area (Å²) in [4.78, 5) is 17.8. The number of hydrogen-bond acceptors (Lipinski definition) is 6. The molecule has 0 radical (unpaired) electrons. The normalized spacial score (nSPS) is 10.8. The number of thiazole rings is 1. The fourth-order valence-electron chi connectivity index (χ4n) is 2.59. The Balaban J connectivity index is 1.41. The maximum absolute atomic E-state index is 12.3. The Morgan fingerprint density at radius 1 is 1.19 bits per heavy atom. The Morgan fingerprint density at radius 2 is 2.04 bits per heavy atom. The van der Waals surface area contributed by atoms with Crippen molar-refractivity contribution in [2.45, 2.75) is 13.0 Å². The highest BCUT2D eigenvalue weighted by molar-refractivity contribution is 7.71. The molecule has 136 valence electrons. The molecule has 0 bridgehead atoms. The third-order valence-electron chi connectivity index (χ3n) is 3.88. The average molecular weight is 414 g/mol. The van der Waals surface area contributed by atoms with Crippen LogP contribution in [0.15, 0.2) is 53.2 Å². The van der Waals surface area contributed by atoms with E-state index in [1.807, 2.05) is 57.8 Å². The van der Waals surface area contributed by atoms with Crippen LogP contribution in [-0.4, -0.2) is 25.7 Å². The molecule has 0 spiro atoms. The van der Waals surface area contributed by atoms with E-state index in [0.717, 1.165) is 22.0 Å². The molecule has 9 heteroatoms. The van der Waals surface area contributed by atoms with Gasteiger partial charge >= 0.3 is 0 Å². The highest BCUT2D eigenvalue weighted by atomic mass is 32.1. The van der Waals surface area contributed by atoms with Gasteiger partial charge in [0.25, 0.3) is 0 Å². The van der Waals surface area contributed by atoms with Gasteiger partial charge in [0, 0.05) is 23.9 Å². The first-order valence-corrected chi connectivity index (χ1v) is 10.4. The second kappa shape index (κ2) is 7.95.